The van der Waals surface area contributed by atoms with Crippen LogP contribution in [0.25, 0.3) is 0 Å². The summed E-state index contributed by atoms with van der Waals surface area (Å²) >= 11 is 0. The Balaban J connectivity index is 2.34. The van der Waals surface area contributed by atoms with Crippen molar-refractivity contribution in [2.75, 3.05) is 33.8 Å². The molecule has 1 atom stereocenters. The predicted molar refractivity (Wildman–Crippen MR) is 50.2 cm³/mol. The molecule has 1 aliphatic rings. The Hall–Kier alpha value is -0.120. The average Bonchev–Trinajstić information content (AvgIpc) is 2.50. The van der Waals surface area contributed by atoms with Crippen LogP contribution in [0.2, 0.25) is 0 Å². The van der Waals surface area contributed by atoms with Crippen LogP contribution in [0, 0.1) is 0 Å². The van der Waals surface area contributed by atoms with E-state index in [9.17, 15) is 5.11 Å². The molecule has 0 aromatic carbocycles. The van der Waals surface area contributed by atoms with E-state index in [2.05, 4.69) is 24.3 Å². The normalized spacial score (nSPS) is 30.0. The van der Waals surface area contributed by atoms with Gasteiger partial charge in [0.1, 0.15) is 0 Å². The van der Waals surface area contributed by atoms with Crippen molar-refractivity contribution < 1.29 is 5.11 Å². The molecule has 0 aromatic rings. The van der Waals surface area contributed by atoms with Gasteiger partial charge < -0.3 is 15.3 Å². The van der Waals surface area contributed by atoms with Gasteiger partial charge in [0, 0.05) is 5.54 Å². The standard InChI is InChI=1S/C9H20N2O/c1-11(2)7-5-9(8-12)4-3-6-10-9/h10,12H,3-8H2,1-2H3. The minimum atomic E-state index is 0.0320. The summed E-state index contributed by atoms with van der Waals surface area (Å²) in [4.78, 5) is 2.16. The van der Waals surface area contributed by atoms with Gasteiger partial charge in [-0.1, -0.05) is 0 Å². The first-order valence-corrected chi connectivity index (χ1v) is 4.69. The van der Waals surface area contributed by atoms with Crippen LogP contribution < -0.4 is 5.32 Å². The molecule has 3 heteroatoms. The minimum absolute atomic E-state index is 0.0320. The first-order valence-electron chi connectivity index (χ1n) is 4.69. The Morgan fingerprint density at radius 3 is 2.67 bits per heavy atom. The molecule has 0 amide bonds. The molecule has 1 rings (SSSR count). The lowest BCUT2D eigenvalue weighted by molar-refractivity contribution is 0.158. The van der Waals surface area contributed by atoms with Gasteiger partial charge in [0.2, 0.25) is 0 Å². The number of aliphatic hydroxyl groups excluding tert-OH is 1. The molecule has 1 heterocycles. The van der Waals surface area contributed by atoms with E-state index in [1.807, 2.05) is 0 Å². The van der Waals surface area contributed by atoms with Crippen LogP contribution in [0.15, 0.2) is 0 Å². The number of hydrogen-bond donors (Lipinski definition) is 2. The maximum absolute atomic E-state index is 9.25. The maximum Gasteiger partial charge on any atom is 0.0613 e. The van der Waals surface area contributed by atoms with Crippen LogP contribution in [0.3, 0.4) is 0 Å². The summed E-state index contributed by atoms with van der Waals surface area (Å²) < 4.78 is 0. The first-order chi connectivity index (χ1) is 5.68. The van der Waals surface area contributed by atoms with E-state index in [1.54, 1.807) is 0 Å². The molecule has 1 fully saturated rings. The van der Waals surface area contributed by atoms with Crippen molar-refractivity contribution in [2.24, 2.45) is 0 Å². The minimum Gasteiger partial charge on any atom is -0.394 e. The highest BCUT2D eigenvalue weighted by molar-refractivity contribution is 4.92. The van der Waals surface area contributed by atoms with Crippen molar-refractivity contribution in [1.82, 2.24) is 10.2 Å². The lowest BCUT2D eigenvalue weighted by Crippen LogP contribution is -2.45. The smallest absolute Gasteiger partial charge is 0.0613 e. The quantitative estimate of drug-likeness (QED) is 0.629. The van der Waals surface area contributed by atoms with E-state index >= 15 is 0 Å². The lowest BCUT2D eigenvalue weighted by atomic mass is 9.94. The zero-order chi connectivity index (χ0) is 9.03. The molecule has 3 nitrogen and oxygen atoms in total. The molecule has 0 spiro atoms. The largest absolute Gasteiger partial charge is 0.394 e. The molecule has 0 aromatic heterocycles. The molecule has 1 saturated heterocycles. The average molecular weight is 172 g/mol. The van der Waals surface area contributed by atoms with E-state index in [-0.39, 0.29) is 12.1 Å². The van der Waals surface area contributed by atoms with Gasteiger partial charge in [0.05, 0.1) is 6.61 Å². The predicted octanol–water partition coefficient (Wildman–Crippen LogP) is 0.0526. The van der Waals surface area contributed by atoms with Gasteiger partial charge in [-0.25, -0.2) is 0 Å². The van der Waals surface area contributed by atoms with Gasteiger partial charge >= 0.3 is 0 Å². The van der Waals surface area contributed by atoms with Crippen LogP contribution in [0.4, 0.5) is 0 Å². The molecule has 2 N–H and O–H groups in total. The van der Waals surface area contributed by atoms with Crippen molar-refractivity contribution >= 4 is 0 Å². The Morgan fingerprint density at radius 2 is 2.25 bits per heavy atom. The van der Waals surface area contributed by atoms with Gasteiger partial charge in [0.15, 0.2) is 0 Å². The van der Waals surface area contributed by atoms with Crippen molar-refractivity contribution in [3.63, 3.8) is 0 Å². The number of nitrogens with one attached hydrogen (secondary N) is 1. The number of rotatable bonds is 4. The van der Waals surface area contributed by atoms with Gasteiger partial charge in [0.25, 0.3) is 0 Å². The fourth-order valence-electron chi connectivity index (χ4n) is 1.73. The van der Waals surface area contributed by atoms with E-state index in [0.29, 0.717) is 0 Å². The SMILES string of the molecule is CN(C)CCC1(CO)CCCN1. The van der Waals surface area contributed by atoms with Crippen LogP contribution >= 0.6 is 0 Å². The summed E-state index contributed by atoms with van der Waals surface area (Å²) in [5, 5.41) is 12.6. The summed E-state index contributed by atoms with van der Waals surface area (Å²) in [6.07, 6.45) is 3.38. The third-order valence-electron chi connectivity index (χ3n) is 2.67. The molecule has 0 saturated carbocycles. The molecule has 0 aliphatic carbocycles. The molecule has 1 aliphatic heterocycles. The zero-order valence-corrected chi connectivity index (χ0v) is 8.14. The fraction of sp³-hybridized carbons (Fsp3) is 1.00. The van der Waals surface area contributed by atoms with E-state index in [4.69, 9.17) is 0 Å². The third kappa shape index (κ3) is 2.44. The molecular formula is C9H20N2O. The summed E-state index contributed by atoms with van der Waals surface area (Å²) in [5.41, 5.74) is 0.0320. The Bertz CT molecular complexity index is 130. The third-order valence-corrected chi connectivity index (χ3v) is 2.67. The van der Waals surface area contributed by atoms with Crippen LogP contribution in [-0.2, 0) is 0 Å². The second-order valence-corrected chi connectivity index (χ2v) is 4.02. The monoisotopic (exact) mass is 172 g/mol. The van der Waals surface area contributed by atoms with Gasteiger partial charge in [-0.2, -0.15) is 0 Å². The summed E-state index contributed by atoms with van der Waals surface area (Å²) in [7, 11) is 4.14. The molecular weight excluding hydrogens is 152 g/mol. The molecule has 0 bridgehead atoms. The highest BCUT2D eigenvalue weighted by Gasteiger charge is 2.31. The molecule has 1 unspecified atom stereocenters. The van der Waals surface area contributed by atoms with Crippen LogP contribution in [-0.4, -0.2) is 49.3 Å². The van der Waals surface area contributed by atoms with Crippen molar-refractivity contribution in [1.29, 1.82) is 0 Å². The summed E-state index contributed by atoms with van der Waals surface area (Å²) in [5.74, 6) is 0. The molecule has 12 heavy (non-hydrogen) atoms. The topological polar surface area (TPSA) is 35.5 Å². The van der Waals surface area contributed by atoms with E-state index in [0.717, 1.165) is 25.9 Å². The van der Waals surface area contributed by atoms with Crippen molar-refractivity contribution in [3.8, 4) is 0 Å². The Morgan fingerprint density at radius 1 is 1.50 bits per heavy atom. The molecule has 72 valence electrons. The maximum atomic E-state index is 9.25. The summed E-state index contributed by atoms with van der Waals surface area (Å²) in [6.45, 7) is 2.39. The molecule has 0 radical (unpaired) electrons. The van der Waals surface area contributed by atoms with E-state index < -0.39 is 0 Å². The highest BCUT2D eigenvalue weighted by atomic mass is 16.3. The zero-order valence-electron chi connectivity index (χ0n) is 8.14. The fourth-order valence-corrected chi connectivity index (χ4v) is 1.73. The number of hydrogen-bond acceptors (Lipinski definition) is 3. The summed E-state index contributed by atoms with van der Waals surface area (Å²) in [6, 6.07) is 0. The van der Waals surface area contributed by atoms with Crippen LogP contribution in [0.1, 0.15) is 19.3 Å². The lowest BCUT2D eigenvalue weighted by Gasteiger charge is -2.28. The number of nitrogens with zero attached hydrogens (tertiary/aromatic N) is 1. The van der Waals surface area contributed by atoms with E-state index in [1.165, 1.54) is 6.42 Å². The van der Waals surface area contributed by atoms with Crippen molar-refractivity contribution in [2.45, 2.75) is 24.8 Å². The van der Waals surface area contributed by atoms with Gasteiger partial charge in [-0.15, -0.1) is 0 Å². The highest BCUT2D eigenvalue weighted by Crippen LogP contribution is 2.22. The van der Waals surface area contributed by atoms with Crippen LogP contribution in [0.5, 0.6) is 0 Å². The van der Waals surface area contributed by atoms with Crippen molar-refractivity contribution in [3.05, 3.63) is 0 Å². The first kappa shape index (κ1) is 9.96. The van der Waals surface area contributed by atoms with Gasteiger partial charge in [-0.3, -0.25) is 0 Å². The Kier molecular flexibility index (Phi) is 3.50. The second-order valence-electron chi connectivity index (χ2n) is 4.02. The number of aliphatic hydroxyl groups is 1. The van der Waals surface area contributed by atoms with Gasteiger partial charge in [-0.05, 0) is 46.4 Å². The second kappa shape index (κ2) is 4.21. The Labute approximate surface area is 74.8 Å².